The van der Waals surface area contributed by atoms with Gasteiger partial charge in [0.25, 0.3) is 5.56 Å². The molecule has 1 aromatic carbocycles. The van der Waals surface area contributed by atoms with Crippen LogP contribution in [0.15, 0.2) is 16.9 Å². The third-order valence-corrected chi connectivity index (χ3v) is 3.66. The van der Waals surface area contributed by atoms with Crippen molar-refractivity contribution in [2.75, 3.05) is 14.2 Å². The predicted octanol–water partition coefficient (Wildman–Crippen LogP) is 1.13. The summed E-state index contributed by atoms with van der Waals surface area (Å²) in [4.78, 5) is 23.8. The second-order valence-electron chi connectivity index (χ2n) is 5.04. The molecule has 1 heterocycles. The molecule has 0 spiro atoms. The van der Waals surface area contributed by atoms with Gasteiger partial charge in [0, 0.05) is 17.2 Å². The van der Waals surface area contributed by atoms with Gasteiger partial charge >= 0.3 is 5.97 Å². The maximum atomic E-state index is 12.0. The maximum Gasteiger partial charge on any atom is 0.306 e. The summed E-state index contributed by atoms with van der Waals surface area (Å²) in [6, 6.07) is 2.76. The Balaban J connectivity index is 2.61. The van der Waals surface area contributed by atoms with E-state index in [-0.39, 0.29) is 17.7 Å². The molecule has 4 N–H and O–H groups in total. The molecular formula is C15H18N2O6. The Labute approximate surface area is 131 Å². The van der Waals surface area contributed by atoms with Crippen LogP contribution in [0, 0.1) is 6.92 Å². The summed E-state index contributed by atoms with van der Waals surface area (Å²) in [5.74, 6) is -1.95. The molecule has 0 unspecified atom stereocenters. The molecule has 0 saturated carbocycles. The number of phenolic OH excluding ortho intramolecular Hbond substituents is 2. The van der Waals surface area contributed by atoms with E-state index >= 15 is 0 Å². The van der Waals surface area contributed by atoms with Crippen molar-refractivity contribution in [1.82, 2.24) is 10.2 Å². The highest BCUT2D eigenvalue weighted by molar-refractivity contribution is 5.71. The minimum atomic E-state index is -0.669. The van der Waals surface area contributed by atoms with Crippen molar-refractivity contribution in [1.29, 1.82) is 0 Å². The Morgan fingerprint density at radius 2 is 1.96 bits per heavy atom. The van der Waals surface area contributed by atoms with Gasteiger partial charge in [-0.2, -0.15) is 0 Å². The Morgan fingerprint density at radius 3 is 2.48 bits per heavy atom. The third kappa shape index (κ3) is 3.15. The molecule has 8 nitrogen and oxygen atoms in total. The summed E-state index contributed by atoms with van der Waals surface area (Å²) in [5.41, 5.74) is 0.983. The van der Waals surface area contributed by atoms with Gasteiger partial charge in [0.1, 0.15) is 0 Å². The van der Waals surface area contributed by atoms with Gasteiger partial charge < -0.3 is 24.8 Å². The predicted molar refractivity (Wildman–Crippen MR) is 81.0 cm³/mol. The topological polar surface area (TPSA) is 125 Å². The number of nitrogens with one attached hydrogen (secondary N) is 2. The summed E-state index contributed by atoms with van der Waals surface area (Å²) in [6.07, 6.45) is -0.106. The first kappa shape index (κ1) is 16.5. The summed E-state index contributed by atoms with van der Waals surface area (Å²) < 4.78 is 9.69. The Bertz CT molecular complexity index is 777. The number of aryl methyl sites for hydroxylation is 1. The minimum Gasteiger partial charge on any atom is -0.504 e. The van der Waals surface area contributed by atoms with E-state index < -0.39 is 23.4 Å². The number of hydrogen-bond donors (Lipinski definition) is 4. The van der Waals surface area contributed by atoms with Crippen molar-refractivity contribution >= 4 is 5.97 Å². The van der Waals surface area contributed by atoms with Crippen molar-refractivity contribution in [2.45, 2.75) is 19.3 Å². The standard InChI is InChI=1S/C15H18N2O6/c1-7-13(15(21)17-16-7)9(6-12(19)23-3)8-4-10(18)14(20)11(5-8)22-2/h4-5,9,18,20H,6H2,1-3H3,(H2,16,17,21)/t9-/m1/s1. The number of phenols is 2. The molecule has 8 heteroatoms. The molecule has 0 aliphatic carbocycles. The highest BCUT2D eigenvalue weighted by atomic mass is 16.5. The molecule has 0 radical (unpaired) electrons. The molecule has 0 fully saturated rings. The molecule has 2 aromatic rings. The highest BCUT2D eigenvalue weighted by Crippen LogP contribution is 2.40. The Morgan fingerprint density at radius 1 is 1.26 bits per heavy atom. The van der Waals surface area contributed by atoms with Crippen molar-refractivity contribution in [3.05, 3.63) is 39.3 Å². The number of carbonyl (C=O) groups excluding carboxylic acids is 1. The molecule has 0 bridgehead atoms. The number of methoxy groups -OCH3 is 2. The van der Waals surface area contributed by atoms with Crippen LogP contribution in [0.1, 0.15) is 29.2 Å². The fraction of sp³-hybridized carbons (Fsp3) is 0.333. The number of carbonyl (C=O) groups is 1. The van der Waals surface area contributed by atoms with Crippen LogP contribution in [0.5, 0.6) is 17.2 Å². The first-order valence-electron chi connectivity index (χ1n) is 6.82. The summed E-state index contributed by atoms with van der Waals surface area (Å²) >= 11 is 0. The number of hydrogen-bond acceptors (Lipinski definition) is 6. The SMILES string of the molecule is COC(=O)C[C@H](c1cc(O)c(O)c(OC)c1)c1c(C)[nH][nH]c1=O. The van der Waals surface area contributed by atoms with Crippen LogP contribution in [-0.4, -0.2) is 40.6 Å². The number of H-pyrrole nitrogens is 2. The minimum absolute atomic E-state index is 0.0412. The molecule has 0 aliphatic heterocycles. The maximum absolute atomic E-state index is 12.0. The number of benzene rings is 1. The molecule has 2 rings (SSSR count). The number of aromatic hydroxyl groups is 2. The number of rotatable bonds is 5. The van der Waals surface area contributed by atoms with Crippen molar-refractivity contribution < 1.29 is 24.5 Å². The average molecular weight is 322 g/mol. The van der Waals surface area contributed by atoms with Crippen LogP contribution in [0.4, 0.5) is 0 Å². The first-order chi connectivity index (χ1) is 10.9. The van der Waals surface area contributed by atoms with E-state index in [2.05, 4.69) is 14.9 Å². The van der Waals surface area contributed by atoms with Gasteiger partial charge in [-0.15, -0.1) is 0 Å². The quantitative estimate of drug-likeness (QED) is 0.483. The van der Waals surface area contributed by atoms with E-state index in [1.54, 1.807) is 6.92 Å². The van der Waals surface area contributed by atoms with Crippen LogP contribution in [0.3, 0.4) is 0 Å². The second kappa shape index (κ2) is 6.47. The molecule has 124 valence electrons. The van der Waals surface area contributed by atoms with E-state index in [0.29, 0.717) is 16.8 Å². The summed E-state index contributed by atoms with van der Waals surface area (Å²) in [7, 11) is 2.59. The van der Waals surface area contributed by atoms with Gasteiger partial charge in [-0.1, -0.05) is 0 Å². The van der Waals surface area contributed by atoms with Gasteiger partial charge in [-0.25, -0.2) is 0 Å². The van der Waals surface area contributed by atoms with Crippen LogP contribution < -0.4 is 10.3 Å². The number of aromatic amines is 2. The van der Waals surface area contributed by atoms with Crippen LogP contribution >= 0.6 is 0 Å². The number of aromatic nitrogens is 2. The number of esters is 1. The van der Waals surface area contributed by atoms with Crippen molar-refractivity contribution in [2.24, 2.45) is 0 Å². The largest absolute Gasteiger partial charge is 0.504 e. The lowest BCUT2D eigenvalue weighted by Crippen LogP contribution is -2.17. The van der Waals surface area contributed by atoms with Crippen LogP contribution in [0.2, 0.25) is 0 Å². The fourth-order valence-electron chi connectivity index (χ4n) is 2.48. The Kier molecular flexibility index (Phi) is 4.63. The van der Waals surface area contributed by atoms with E-state index in [4.69, 9.17) is 4.74 Å². The average Bonchev–Trinajstić information content (AvgIpc) is 2.86. The zero-order chi connectivity index (χ0) is 17.1. The lowest BCUT2D eigenvalue weighted by Gasteiger charge is -2.17. The second-order valence-corrected chi connectivity index (χ2v) is 5.04. The molecule has 0 saturated heterocycles. The lowest BCUT2D eigenvalue weighted by molar-refractivity contribution is -0.140. The van der Waals surface area contributed by atoms with E-state index in [1.807, 2.05) is 0 Å². The van der Waals surface area contributed by atoms with Gasteiger partial charge in [-0.3, -0.25) is 14.7 Å². The molecule has 1 atom stereocenters. The fourth-order valence-corrected chi connectivity index (χ4v) is 2.48. The Hall–Kier alpha value is -2.90. The molecular weight excluding hydrogens is 304 g/mol. The van der Waals surface area contributed by atoms with Crippen LogP contribution in [0.25, 0.3) is 0 Å². The molecule has 0 aliphatic rings. The summed E-state index contributed by atoms with van der Waals surface area (Å²) in [6.45, 7) is 1.69. The van der Waals surface area contributed by atoms with Gasteiger partial charge in [0.05, 0.1) is 20.6 Å². The van der Waals surface area contributed by atoms with Crippen molar-refractivity contribution in [3.63, 3.8) is 0 Å². The van der Waals surface area contributed by atoms with Crippen molar-refractivity contribution in [3.8, 4) is 17.2 Å². The van der Waals surface area contributed by atoms with E-state index in [9.17, 15) is 19.8 Å². The van der Waals surface area contributed by atoms with Gasteiger partial charge in [-0.05, 0) is 24.6 Å². The zero-order valence-electron chi connectivity index (χ0n) is 13.0. The molecule has 0 amide bonds. The normalized spacial score (nSPS) is 12.0. The molecule has 1 aromatic heterocycles. The smallest absolute Gasteiger partial charge is 0.306 e. The monoisotopic (exact) mass is 322 g/mol. The van der Waals surface area contributed by atoms with E-state index in [1.165, 1.54) is 26.4 Å². The zero-order valence-corrected chi connectivity index (χ0v) is 13.0. The third-order valence-electron chi connectivity index (χ3n) is 3.66. The molecule has 23 heavy (non-hydrogen) atoms. The highest BCUT2D eigenvalue weighted by Gasteiger charge is 2.26. The van der Waals surface area contributed by atoms with Gasteiger partial charge in [0.15, 0.2) is 11.5 Å². The summed E-state index contributed by atoms with van der Waals surface area (Å²) in [5, 5.41) is 24.7. The first-order valence-corrected chi connectivity index (χ1v) is 6.82. The van der Waals surface area contributed by atoms with Gasteiger partial charge in [0.2, 0.25) is 5.75 Å². The lowest BCUT2D eigenvalue weighted by atomic mass is 9.88. The van der Waals surface area contributed by atoms with E-state index in [0.717, 1.165) is 0 Å². The van der Waals surface area contributed by atoms with Crippen LogP contribution in [-0.2, 0) is 9.53 Å². The number of ether oxygens (including phenoxy) is 2.